The van der Waals surface area contributed by atoms with Crippen molar-refractivity contribution in [3.8, 4) is 0 Å². The van der Waals surface area contributed by atoms with Crippen molar-refractivity contribution in [1.82, 2.24) is 0 Å². The average molecular weight is 196 g/mol. The number of hydrogen-bond acceptors (Lipinski definition) is 0. The molecule has 1 aliphatic rings. The SMILES string of the molecule is FC1C(F)C(F)(F)C(F)C1(F)F. The second kappa shape index (κ2) is 2.26. The van der Waals surface area contributed by atoms with Crippen molar-refractivity contribution in [2.45, 2.75) is 30.4 Å². The molecule has 0 nitrogen and oxygen atoms in total. The van der Waals surface area contributed by atoms with Gasteiger partial charge < -0.3 is 0 Å². The molecule has 2 atom stereocenters. The van der Waals surface area contributed by atoms with E-state index in [0.717, 1.165) is 0 Å². The number of alkyl halides is 7. The fourth-order valence-electron chi connectivity index (χ4n) is 0.926. The van der Waals surface area contributed by atoms with Crippen LogP contribution in [0, 0.1) is 0 Å². The molecular formula is C5H3F7. The maximum Gasteiger partial charge on any atom is 0.318 e. The summed E-state index contributed by atoms with van der Waals surface area (Å²) in [5.74, 6) is -9.88. The normalized spacial score (nSPS) is 44.8. The molecule has 0 aliphatic heterocycles. The molecule has 12 heavy (non-hydrogen) atoms. The van der Waals surface area contributed by atoms with Gasteiger partial charge in [0.2, 0.25) is 18.5 Å². The monoisotopic (exact) mass is 196 g/mol. The summed E-state index contributed by atoms with van der Waals surface area (Å²) in [5, 5.41) is 0. The summed E-state index contributed by atoms with van der Waals surface area (Å²) in [6, 6.07) is 0. The Balaban J connectivity index is 3.03. The minimum absolute atomic E-state index is 3.78. The predicted molar refractivity (Wildman–Crippen MR) is 24.6 cm³/mol. The van der Waals surface area contributed by atoms with Crippen molar-refractivity contribution in [2.75, 3.05) is 0 Å². The van der Waals surface area contributed by atoms with Gasteiger partial charge in [0, 0.05) is 0 Å². The highest BCUT2D eigenvalue weighted by Gasteiger charge is 2.75. The fraction of sp³-hybridized carbons (Fsp3) is 1.00. The van der Waals surface area contributed by atoms with Gasteiger partial charge in [-0.25, -0.2) is 13.2 Å². The van der Waals surface area contributed by atoms with Crippen LogP contribution >= 0.6 is 0 Å². The molecule has 0 aromatic rings. The third kappa shape index (κ3) is 0.910. The van der Waals surface area contributed by atoms with Crippen LogP contribution in [0.25, 0.3) is 0 Å². The van der Waals surface area contributed by atoms with E-state index in [0.29, 0.717) is 0 Å². The molecule has 1 rings (SSSR count). The lowest BCUT2D eigenvalue weighted by Gasteiger charge is -2.14. The summed E-state index contributed by atoms with van der Waals surface area (Å²) in [6.45, 7) is 0. The van der Waals surface area contributed by atoms with Gasteiger partial charge in [-0.1, -0.05) is 0 Å². The molecule has 0 heterocycles. The topological polar surface area (TPSA) is 0 Å². The van der Waals surface area contributed by atoms with Crippen LogP contribution in [0.3, 0.4) is 0 Å². The third-order valence-corrected chi connectivity index (χ3v) is 1.67. The standard InChI is InChI=1S/C5H3F7/c6-1-2(7)5(11,12)3(8)4(1,9)10/h1-3H. The first kappa shape index (κ1) is 9.60. The molecule has 0 radical (unpaired) electrons. The first-order chi connectivity index (χ1) is 5.22. The van der Waals surface area contributed by atoms with Crippen molar-refractivity contribution in [3.05, 3.63) is 0 Å². The largest absolute Gasteiger partial charge is 0.318 e. The van der Waals surface area contributed by atoms with E-state index >= 15 is 0 Å². The Kier molecular flexibility index (Phi) is 1.81. The molecule has 0 bridgehead atoms. The molecule has 0 amide bonds. The summed E-state index contributed by atoms with van der Waals surface area (Å²) in [4.78, 5) is 0. The zero-order valence-corrected chi connectivity index (χ0v) is 5.38. The van der Waals surface area contributed by atoms with E-state index < -0.39 is 30.4 Å². The Morgan fingerprint density at radius 2 is 0.917 bits per heavy atom. The number of hydrogen-bond donors (Lipinski definition) is 0. The second-order valence-corrected chi connectivity index (χ2v) is 2.52. The molecule has 0 aromatic heterocycles. The van der Waals surface area contributed by atoms with Crippen molar-refractivity contribution in [1.29, 1.82) is 0 Å². The minimum Gasteiger partial charge on any atom is -0.237 e. The van der Waals surface area contributed by atoms with Gasteiger partial charge in [0.25, 0.3) is 0 Å². The Morgan fingerprint density at radius 1 is 0.667 bits per heavy atom. The van der Waals surface area contributed by atoms with Crippen molar-refractivity contribution in [3.63, 3.8) is 0 Å². The number of halogens is 7. The molecule has 2 unspecified atom stereocenters. The molecule has 0 saturated heterocycles. The maximum atomic E-state index is 12.0. The van der Waals surface area contributed by atoms with Crippen molar-refractivity contribution < 1.29 is 30.7 Å². The average Bonchev–Trinajstić information content (AvgIpc) is 2.06. The lowest BCUT2D eigenvalue weighted by atomic mass is 10.2. The van der Waals surface area contributed by atoms with Gasteiger partial charge >= 0.3 is 11.8 Å². The first-order valence-electron chi connectivity index (χ1n) is 2.90. The van der Waals surface area contributed by atoms with Gasteiger partial charge in [0.05, 0.1) is 0 Å². The van der Waals surface area contributed by atoms with Crippen LogP contribution in [-0.4, -0.2) is 30.4 Å². The molecule has 7 heteroatoms. The van der Waals surface area contributed by atoms with Crippen LogP contribution in [0.15, 0.2) is 0 Å². The highest BCUT2D eigenvalue weighted by Crippen LogP contribution is 2.50. The molecule has 0 N–H and O–H groups in total. The summed E-state index contributed by atoms with van der Waals surface area (Å²) in [5.41, 5.74) is 0. The van der Waals surface area contributed by atoms with Gasteiger partial charge in [-0.2, -0.15) is 17.6 Å². The lowest BCUT2D eigenvalue weighted by molar-refractivity contribution is -0.146. The highest BCUT2D eigenvalue weighted by molar-refractivity contribution is 5.09. The van der Waals surface area contributed by atoms with E-state index in [4.69, 9.17) is 0 Å². The zero-order chi connectivity index (χ0) is 9.73. The van der Waals surface area contributed by atoms with E-state index in [-0.39, 0.29) is 0 Å². The molecule has 1 fully saturated rings. The van der Waals surface area contributed by atoms with Gasteiger partial charge in [0.15, 0.2) is 0 Å². The van der Waals surface area contributed by atoms with E-state index in [1.54, 1.807) is 0 Å². The molecular weight excluding hydrogens is 193 g/mol. The van der Waals surface area contributed by atoms with Crippen LogP contribution < -0.4 is 0 Å². The molecule has 0 spiro atoms. The summed E-state index contributed by atoms with van der Waals surface area (Å²) in [7, 11) is 0. The summed E-state index contributed by atoms with van der Waals surface area (Å²) in [6.07, 6.45) is -11.6. The summed E-state index contributed by atoms with van der Waals surface area (Å²) >= 11 is 0. The quantitative estimate of drug-likeness (QED) is 0.521. The predicted octanol–water partition coefficient (Wildman–Crippen LogP) is 2.28. The second-order valence-electron chi connectivity index (χ2n) is 2.52. The van der Waals surface area contributed by atoms with Crippen LogP contribution in [0.1, 0.15) is 0 Å². The van der Waals surface area contributed by atoms with Gasteiger partial charge in [-0.3, -0.25) is 0 Å². The van der Waals surface area contributed by atoms with Crippen molar-refractivity contribution >= 4 is 0 Å². The van der Waals surface area contributed by atoms with E-state index in [9.17, 15) is 30.7 Å². The molecule has 1 aliphatic carbocycles. The highest BCUT2D eigenvalue weighted by atomic mass is 19.3. The fourth-order valence-corrected chi connectivity index (χ4v) is 0.926. The van der Waals surface area contributed by atoms with Gasteiger partial charge in [-0.15, -0.1) is 0 Å². The van der Waals surface area contributed by atoms with E-state index in [1.165, 1.54) is 0 Å². The Hall–Kier alpha value is -0.490. The van der Waals surface area contributed by atoms with Crippen LogP contribution in [-0.2, 0) is 0 Å². The van der Waals surface area contributed by atoms with Crippen molar-refractivity contribution in [2.24, 2.45) is 0 Å². The molecule has 1 saturated carbocycles. The Labute approximate surface area is 62.4 Å². The zero-order valence-electron chi connectivity index (χ0n) is 5.38. The Morgan fingerprint density at radius 3 is 1.00 bits per heavy atom. The summed E-state index contributed by atoms with van der Waals surface area (Å²) < 4.78 is 84.0. The minimum atomic E-state index is -4.94. The van der Waals surface area contributed by atoms with Crippen LogP contribution in [0.5, 0.6) is 0 Å². The van der Waals surface area contributed by atoms with Crippen LogP contribution in [0.2, 0.25) is 0 Å². The Bertz CT molecular complexity index is 168. The van der Waals surface area contributed by atoms with Crippen LogP contribution in [0.4, 0.5) is 30.7 Å². The number of rotatable bonds is 0. The maximum absolute atomic E-state index is 12.0. The molecule has 0 aromatic carbocycles. The van der Waals surface area contributed by atoms with E-state index in [2.05, 4.69) is 0 Å². The van der Waals surface area contributed by atoms with E-state index in [1.807, 2.05) is 0 Å². The third-order valence-electron chi connectivity index (χ3n) is 1.67. The van der Waals surface area contributed by atoms with Gasteiger partial charge in [0.1, 0.15) is 0 Å². The molecule has 72 valence electrons. The first-order valence-corrected chi connectivity index (χ1v) is 2.90. The smallest absolute Gasteiger partial charge is 0.237 e. The van der Waals surface area contributed by atoms with Gasteiger partial charge in [-0.05, 0) is 0 Å². The lowest BCUT2D eigenvalue weighted by Crippen LogP contribution is -2.38.